The van der Waals surface area contributed by atoms with E-state index in [4.69, 9.17) is 0 Å². The molecule has 0 aliphatic carbocycles. The van der Waals surface area contributed by atoms with Crippen LogP contribution in [-0.2, 0) is 13.1 Å². The van der Waals surface area contributed by atoms with Gasteiger partial charge in [0.1, 0.15) is 0 Å². The molecular formula is C16H21BrN2S. The zero-order valence-corrected chi connectivity index (χ0v) is 14.4. The predicted molar refractivity (Wildman–Crippen MR) is 92.4 cm³/mol. The number of para-hydroxylation sites is 1. The Bertz CT molecular complexity index is 535. The molecular weight excluding hydrogens is 332 g/mol. The van der Waals surface area contributed by atoms with Crippen LogP contribution in [0.5, 0.6) is 0 Å². The van der Waals surface area contributed by atoms with Crippen molar-refractivity contribution in [1.82, 2.24) is 4.90 Å². The molecule has 1 heterocycles. The molecule has 0 saturated carbocycles. The van der Waals surface area contributed by atoms with E-state index in [1.165, 1.54) is 19.9 Å². The topological polar surface area (TPSA) is 15.3 Å². The summed E-state index contributed by atoms with van der Waals surface area (Å²) in [5.41, 5.74) is 2.61. The van der Waals surface area contributed by atoms with Crippen molar-refractivity contribution in [2.45, 2.75) is 26.9 Å². The highest BCUT2D eigenvalue weighted by molar-refractivity contribution is 9.11. The normalized spacial score (nSPS) is 11.0. The molecule has 1 aromatic heterocycles. The summed E-state index contributed by atoms with van der Waals surface area (Å²) in [6.45, 7) is 8.48. The number of hydrogen-bond donors (Lipinski definition) is 1. The van der Waals surface area contributed by atoms with Gasteiger partial charge < -0.3 is 5.32 Å². The molecule has 0 aliphatic heterocycles. The fraction of sp³-hybridized carbons (Fsp3) is 0.375. The van der Waals surface area contributed by atoms with Gasteiger partial charge in [0, 0.05) is 23.7 Å². The van der Waals surface area contributed by atoms with E-state index in [2.05, 4.69) is 76.4 Å². The fourth-order valence-electron chi connectivity index (χ4n) is 2.15. The minimum Gasteiger partial charge on any atom is -0.380 e. The van der Waals surface area contributed by atoms with Gasteiger partial charge in [-0.15, -0.1) is 11.3 Å². The molecule has 2 nitrogen and oxygen atoms in total. The largest absolute Gasteiger partial charge is 0.380 e. The number of thiophene rings is 1. The second kappa shape index (κ2) is 7.81. The second-order valence-corrected chi connectivity index (χ2v) is 7.23. The standard InChI is InChI=1S/C16H21BrN2S/c1-3-19(4-2)12-13-7-5-6-8-15(13)18-11-14-9-10-16(17)20-14/h5-10,18H,3-4,11-12H2,1-2H3. The maximum Gasteiger partial charge on any atom is 0.0702 e. The quantitative estimate of drug-likeness (QED) is 0.756. The summed E-state index contributed by atoms with van der Waals surface area (Å²) in [6, 6.07) is 12.9. The third kappa shape index (κ3) is 4.33. The summed E-state index contributed by atoms with van der Waals surface area (Å²) in [5.74, 6) is 0. The van der Waals surface area contributed by atoms with Crippen molar-refractivity contribution in [3.05, 3.63) is 50.6 Å². The van der Waals surface area contributed by atoms with Crippen LogP contribution in [0.25, 0.3) is 0 Å². The van der Waals surface area contributed by atoms with E-state index in [-0.39, 0.29) is 0 Å². The van der Waals surface area contributed by atoms with Crippen molar-refractivity contribution in [3.8, 4) is 0 Å². The SMILES string of the molecule is CCN(CC)Cc1ccccc1NCc1ccc(Br)s1. The number of nitrogens with one attached hydrogen (secondary N) is 1. The molecule has 0 fully saturated rings. The smallest absolute Gasteiger partial charge is 0.0702 e. The first-order valence-corrected chi connectivity index (χ1v) is 8.62. The van der Waals surface area contributed by atoms with Crippen molar-refractivity contribution in [3.63, 3.8) is 0 Å². The van der Waals surface area contributed by atoms with Crippen LogP contribution < -0.4 is 5.32 Å². The van der Waals surface area contributed by atoms with Crippen LogP contribution >= 0.6 is 27.3 Å². The van der Waals surface area contributed by atoms with E-state index < -0.39 is 0 Å². The first kappa shape index (κ1) is 15.5. The Morgan fingerprint density at radius 3 is 2.50 bits per heavy atom. The van der Waals surface area contributed by atoms with Gasteiger partial charge >= 0.3 is 0 Å². The first-order valence-electron chi connectivity index (χ1n) is 7.01. The van der Waals surface area contributed by atoms with E-state index in [1.54, 1.807) is 11.3 Å². The van der Waals surface area contributed by atoms with Gasteiger partial charge in [-0.2, -0.15) is 0 Å². The second-order valence-electron chi connectivity index (χ2n) is 4.68. The Morgan fingerprint density at radius 2 is 1.85 bits per heavy atom. The van der Waals surface area contributed by atoms with E-state index in [0.717, 1.165) is 26.2 Å². The average Bonchev–Trinajstić information content (AvgIpc) is 2.89. The summed E-state index contributed by atoms with van der Waals surface area (Å²) < 4.78 is 1.19. The Morgan fingerprint density at radius 1 is 1.10 bits per heavy atom. The van der Waals surface area contributed by atoms with Gasteiger partial charge in [-0.25, -0.2) is 0 Å². The lowest BCUT2D eigenvalue weighted by Crippen LogP contribution is -2.22. The molecule has 0 atom stereocenters. The lowest BCUT2D eigenvalue weighted by atomic mass is 10.1. The fourth-order valence-corrected chi connectivity index (χ4v) is 3.57. The summed E-state index contributed by atoms with van der Waals surface area (Å²) in [6.07, 6.45) is 0. The number of anilines is 1. The molecule has 0 amide bonds. The zero-order chi connectivity index (χ0) is 14.4. The highest BCUT2D eigenvalue weighted by Crippen LogP contribution is 2.24. The van der Waals surface area contributed by atoms with Crippen LogP contribution in [-0.4, -0.2) is 18.0 Å². The van der Waals surface area contributed by atoms with Crippen LogP contribution in [0.4, 0.5) is 5.69 Å². The van der Waals surface area contributed by atoms with Crippen LogP contribution in [0, 0.1) is 0 Å². The molecule has 0 aliphatic rings. The van der Waals surface area contributed by atoms with Gasteiger partial charge in [-0.1, -0.05) is 32.0 Å². The maximum atomic E-state index is 3.56. The lowest BCUT2D eigenvalue weighted by Gasteiger charge is -2.20. The molecule has 108 valence electrons. The minimum absolute atomic E-state index is 0.880. The predicted octanol–water partition coefficient (Wildman–Crippen LogP) is 4.96. The van der Waals surface area contributed by atoms with Crippen molar-refractivity contribution in [2.24, 2.45) is 0 Å². The Labute approximate surface area is 133 Å². The Balaban J connectivity index is 2.03. The lowest BCUT2D eigenvalue weighted by molar-refractivity contribution is 0.296. The summed E-state index contributed by atoms with van der Waals surface area (Å²) >= 11 is 5.29. The summed E-state index contributed by atoms with van der Waals surface area (Å²) in [5, 5.41) is 3.56. The number of benzene rings is 1. The molecule has 0 radical (unpaired) electrons. The molecule has 0 unspecified atom stereocenters. The monoisotopic (exact) mass is 352 g/mol. The number of nitrogens with zero attached hydrogens (tertiary/aromatic N) is 1. The van der Waals surface area contributed by atoms with Crippen LogP contribution in [0.3, 0.4) is 0 Å². The number of hydrogen-bond acceptors (Lipinski definition) is 3. The highest BCUT2D eigenvalue weighted by Gasteiger charge is 2.06. The van der Waals surface area contributed by atoms with E-state index in [0.29, 0.717) is 0 Å². The van der Waals surface area contributed by atoms with E-state index in [9.17, 15) is 0 Å². The molecule has 1 N–H and O–H groups in total. The van der Waals surface area contributed by atoms with E-state index >= 15 is 0 Å². The summed E-state index contributed by atoms with van der Waals surface area (Å²) in [7, 11) is 0. The molecule has 2 rings (SSSR count). The number of rotatable bonds is 7. The van der Waals surface area contributed by atoms with Crippen molar-refractivity contribution < 1.29 is 0 Å². The molecule has 20 heavy (non-hydrogen) atoms. The van der Waals surface area contributed by atoms with Gasteiger partial charge in [-0.05, 0) is 52.8 Å². The van der Waals surface area contributed by atoms with Gasteiger partial charge in [0.25, 0.3) is 0 Å². The molecule has 0 spiro atoms. The Kier molecular flexibility index (Phi) is 6.07. The van der Waals surface area contributed by atoms with Crippen LogP contribution in [0.1, 0.15) is 24.3 Å². The Hall–Kier alpha value is -0.840. The van der Waals surface area contributed by atoms with Gasteiger partial charge in [0.2, 0.25) is 0 Å². The third-order valence-electron chi connectivity index (χ3n) is 3.39. The molecule has 1 aromatic carbocycles. The third-order valence-corrected chi connectivity index (χ3v) is 5.01. The first-order chi connectivity index (χ1) is 9.72. The molecule has 0 saturated heterocycles. The zero-order valence-electron chi connectivity index (χ0n) is 12.0. The molecule has 4 heteroatoms. The minimum atomic E-state index is 0.880. The van der Waals surface area contributed by atoms with Gasteiger partial charge in [-0.3, -0.25) is 4.90 Å². The van der Waals surface area contributed by atoms with Crippen molar-refractivity contribution in [2.75, 3.05) is 18.4 Å². The molecule has 2 aromatic rings. The van der Waals surface area contributed by atoms with Crippen molar-refractivity contribution in [1.29, 1.82) is 0 Å². The highest BCUT2D eigenvalue weighted by atomic mass is 79.9. The van der Waals surface area contributed by atoms with Crippen molar-refractivity contribution >= 4 is 33.0 Å². The van der Waals surface area contributed by atoms with Crippen LogP contribution in [0.15, 0.2) is 40.2 Å². The van der Waals surface area contributed by atoms with E-state index in [1.807, 2.05) is 0 Å². The molecule has 0 bridgehead atoms. The van der Waals surface area contributed by atoms with Gasteiger partial charge in [0.05, 0.1) is 3.79 Å². The average molecular weight is 353 g/mol. The van der Waals surface area contributed by atoms with Crippen LogP contribution in [0.2, 0.25) is 0 Å². The maximum absolute atomic E-state index is 3.56. The van der Waals surface area contributed by atoms with Gasteiger partial charge in [0.15, 0.2) is 0 Å². The summed E-state index contributed by atoms with van der Waals surface area (Å²) in [4.78, 5) is 3.77. The number of halogens is 1.